The van der Waals surface area contributed by atoms with Gasteiger partial charge in [-0.25, -0.2) is 10.8 Å². The third-order valence-electron chi connectivity index (χ3n) is 4.12. The van der Waals surface area contributed by atoms with Crippen LogP contribution in [0.15, 0.2) is 24.3 Å². The fourth-order valence-corrected chi connectivity index (χ4v) is 2.51. The lowest BCUT2D eigenvalue weighted by molar-refractivity contribution is 0.257. The molecule has 0 bridgehead atoms. The third kappa shape index (κ3) is 3.06. The zero-order valence-corrected chi connectivity index (χ0v) is 12.5. The molecule has 0 saturated heterocycles. The Morgan fingerprint density at radius 1 is 1.33 bits per heavy atom. The molecule has 1 aliphatic carbocycles. The lowest BCUT2D eigenvalue weighted by atomic mass is 10.2. The first-order valence-electron chi connectivity index (χ1n) is 7.38. The Kier molecular flexibility index (Phi) is 3.90. The molecule has 21 heavy (non-hydrogen) atoms. The lowest BCUT2D eigenvalue weighted by Crippen LogP contribution is -2.36. The number of para-hydroxylation sites is 1. The molecule has 112 valence electrons. The van der Waals surface area contributed by atoms with Crippen molar-refractivity contribution in [2.45, 2.75) is 31.8 Å². The number of anilines is 2. The monoisotopic (exact) mass is 286 g/mol. The van der Waals surface area contributed by atoms with Gasteiger partial charge in [0.15, 0.2) is 0 Å². The highest BCUT2D eigenvalue weighted by molar-refractivity contribution is 5.89. The molecule has 1 aromatic carbocycles. The van der Waals surface area contributed by atoms with Gasteiger partial charge in [-0.2, -0.15) is 4.98 Å². The first kappa shape index (κ1) is 14.0. The molecular weight excluding hydrogens is 264 g/mol. The van der Waals surface area contributed by atoms with Crippen molar-refractivity contribution in [1.29, 1.82) is 0 Å². The van der Waals surface area contributed by atoms with Crippen LogP contribution in [0, 0.1) is 0 Å². The molecule has 2 aromatic rings. The SMILES string of the molecule is CC(CNc1nc(NN)nc2ccccc12)N(C)C1CC1. The molecule has 1 fully saturated rings. The first-order chi connectivity index (χ1) is 10.2. The minimum Gasteiger partial charge on any atom is -0.368 e. The summed E-state index contributed by atoms with van der Waals surface area (Å²) < 4.78 is 0. The molecule has 3 rings (SSSR count). The maximum atomic E-state index is 5.45. The van der Waals surface area contributed by atoms with Crippen molar-refractivity contribution >= 4 is 22.7 Å². The van der Waals surface area contributed by atoms with Gasteiger partial charge in [0.05, 0.1) is 5.52 Å². The van der Waals surface area contributed by atoms with Crippen molar-refractivity contribution in [2.24, 2.45) is 5.84 Å². The quantitative estimate of drug-likeness (QED) is 0.555. The smallest absolute Gasteiger partial charge is 0.239 e. The van der Waals surface area contributed by atoms with Crippen molar-refractivity contribution in [3.8, 4) is 0 Å². The molecule has 1 unspecified atom stereocenters. The van der Waals surface area contributed by atoms with Crippen molar-refractivity contribution in [1.82, 2.24) is 14.9 Å². The van der Waals surface area contributed by atoms with Crippen LogP contribution in [-0.2, 0) is 0 Å². The number of likely N-dealkylation sites (N-methyl/N-ethyl adjacent to an activating group) is 1. The number of nitrogens with two attached hydrogens (primary N) is 1. The Morgan fingerprint density at radius 3 is 2.81 bits per heavy atom. The summed E-state index contributed by atoms with van der Waals surface area (Å²) in [6, 6.07) is 9.15. The number of benzene rings is 1. The van der Waals surface area contributed by atoms with E-state index in [1.165, 1.54) is 12.8 Å². The minimum absolute atomic E-state index is 0.430. The molecule has 0 radical (unpaired) electrons. The number of hydrogen-bond acceptors (Lipinski definition) is 6. The highest BCUT2D eigenvalue weighted by atomic mass is 15.3. The van der Waals surface area contributed by atoms with Gasteiger partial charge >= 0.3 is 0 Å². The Labute approximate surface area is 124 Å². The van der Waals surface area contributed by atoms with Crippen LogP contribution >= 0.6 is 0 Å². The van der Waals surface area contributed by atoms with Gasteiger partial charge in [-0.15, -0.1) is 0 Å². The molecule has 6 nitrogen and oxygen atoms in total. The predicted octanol–water partition coefficient (Wildman–Crippen LogP) is 1.81. The van der Waals surface area contributed by atoms with Crippen LogP contribution in [0.5, 0.6) is 0 Å². The summed E-state index contributed by atoms with van der Waals surface area (Å²) in [4.78, 5) is 11.2. The van der Waals surface area contributed by atoms with Crippen molar-refractivity contribution in [3.63, 3.8) is 0 Å². The molecule has 4 N–H and O–H groups in total. The highest BCUT2D eigenvalue weighted by Gasteiger charge is 2.28. The fourth-order valence-electron chi connectivity index (χ4n) is 2.51. The van der Waals surface area contributed by atoms with E-state index in [1.807, 2.05) is 24.3 Å². The van der Waals surface area contributed by atoms with E-state index in [1.54, 1.807) is 0 Å². The van der Waals surface area contributed by atoms with E-state index in [-0.39, 0.29) is 0 Å². The van der Waals surface area contributed by atoms with Crippen LogP contribution in [0.25, 0.3) is 10.9 Å². The Bertz CT molecular complexity index is 625. The molecule has 6 heteroatoms. The summed E-state index contributed by atoms with van der Waals surface area (Å²) in [5.41, 5.74) is 3.41. The van der Waals surface area contributed by atoms with Crippen LogP contribution in [0.4, 0.5) is 11.8 Å². The normalized spacial score (nSPS) is 16.2. The summed E-state index contributed by atoms with van der Waals surface area (Å²) in [5.74, 6) is 6.70. The van der Waals surface area contributed by atoms with Gasteiger partial charge in [0, 0.05) is 24.0 Å². The summed E-state index contributed by atoms with van der Waals surface area (Å²) in [5, 5.41) is 4.45. The van der Waals surface area contributed by atoms with E-state index in [4.69, 9.17) is 5.84 Å². The number of hydrazine groups is 1. The zero-order chi connectivity index (χ0) is 14.8. The van der Waals surface area contributed by atoms with E-state index in [9.17, 15) is 0 Å². The zero-order valence-electron chi connectivity index (χ0n) is 12.5. The van der Waals surface area contributed by atoms with Gasteiger partial charge in [0.1, 0.15) is 5.82 Å². The number of fused-ring (bicyclic) bond motifs is 1. The first-order valence-corrected chi connectivity index (χ1v) is 7.38. The molecule has 1 saturated carbocycles. The van der Waals surface area contributed by atoms with Crippen LogP contribution in [0.2, 0.25) is 0 Å². The molecule has 1 aliphatic rings. The average Bonchev–Trinajstić information content (AvgIpc) is 3.36. The van der Waals surface area contributed by atoms with Gasteiger partial charge in [-0.3, -0.25) is 10.3 Å². The summed E-state index contributed by atoms with van der Waals surface area (Å²) in [6.07, 6.45) is 2.64. The van der Waals surface area contributed by atoms with Gasteiger partial charge in [0.25, 0.3) is 0 Å². The standard InChI is InChI=1S/C15H22N6/c1-10(21(2)11-7-8-11)9-17-14-12-5-3-4-6-13(12)18-15(19-14)20-16/h3-6,10-11H,7-9,16H2,1-2H3,(H2,17,18,19,20). The summed E-state index contributed by atoms with van der Waals surface area (Å²) in [7, 11) is 2.19. The van der Waals surface area contributed by atoms with Crippen LogP contribution in [0.3, 0.4) is 0 Å². The maximum Gasteiger partial charge on any atom is 0.239 e. The topological polar surface area (TPSA) is 79.1 Å². The number of hydrogen-bond donors (Lipinski definition) is 3. The van der Waals surface area contributed by atoms with E-state index < -0.39 is 0 Å². The molecule has 1 aromatic heterocycles. The van der Waals surface area contributed by atoms with Gasteiger partial charge < -0.3 is 5.32 Å². The third-order valence-corrected chi connectivity index (χ3v) is 4.12. The molecular formula is C15H22N6. The second-order valence-electron chi connectivity index (χ2n) is 5.68. The van der Waals surface area contributed by atoms with Gasteiger partial charge in [0.2, 0.25) is 5.95 Å². The van der Waals surface area contributed by atoms with Gasteiger partial charge in [-0.05, 0) is 38.9 Å². The number of nitrogens with one attached hydrogen (secondary N) is 2. The average molecular weight is 286 g/mol. The fraction of sp³-hybridized carbons (Fsp3) is 0.467. The number of aromatic nitrogens is 2. The molecule has 0 spiro atoms. The highest BCUT2D eigenvalue weighted by Crippen LogP contribution is 2.27. The number of nitrogen functional groups attached to an aromatic ring is 1. The number of nitrogens with zero attached hydrogens (tertiary/aromatic N) is 3. The van der Waals surface area contributed by atoms with Crippen LogP contribution < -0.4 is 16.6 Å². The second-order valence-corrected chi connectivity index (χ2v) is 5.68. The predicted molar refractivity (Wildman–Crippen MR) is 86.1 cm³/mol. The number of rotatable bonds is 6. The van der Waals surface area contributed by atoms with E-state index in [0.29, 0.717) is 12.0 Å². The summed E-state index contributed by atoms with van der Waals surface area (Å²) in [6.45, 7) is 3.08. The van der Waals surface area contributed by atoms with E-state index in [2.05, 4.69) is 39.6 Å². The summed E-state index contributed by atoms with van der Waals surface area (Å²) >= 11 is 0. The van der Waals surface area contributed by atoms with Crippen molar-refractivity contribution < 1.29 is 0 Å². The molecule has 1 atom stereocenters. The second kappa shape index (κ2) is 5.83. The Balaban J connectivity index is 1.78. The lowest BCUT2D eigenvalue weighted by Gasteiger charge is -2.25. The van der Waals surface area contributed by atoms with Crippen molar-refractivity contribution in [2.75, 3.05) is 24.3 Å². The van der Waals surface area contributed by atoms with E-state index in [0.717, 1.165) is 29.3 Å². The van der Waals surface area contributed by atoms with E-state index >= 15 is 0 Å². The maximum absolute atomic E-state index is 5.45. The molecule has 0 aliphatic heterocycles. The van der Waals surface area contributed by atoms with Crippen molar-refractivity contribution in [3.05, 3.63) is 24.3 Å². The minimum atomic E-state index is 0.430. The van der Waals surface area contributed by atoms with Crippen LogP contribution in [-0.4, -0.2) is 40.5 Å². The Morgan fingerprint density at radius 2 is 2.10 bits per heavy atom. The van der Waals surface area contributed by atoms with Crippen LogP contribution in [0.1, 0.15) is 19.8 Å². The molecule has 0 amide bonds. The largest absolute Gasteiger partial charge is 0.368 e. The molecule has 1 heterocycles. The van der Waals surface area contributed by atoms with Gasteiger partial charge in [-0.1, -0.05) is 12.1 Å². The Hall–Kier alpha value is -1.92.